The second-order valence-corrected chi connectivity index (χ2v) is 14.0. The van der Waals surface area contributed by atoms with Gasteiger partial charge in [-0.25, -0.2) is 9.78 Å². The molecule has 0 fully saturated rings. The summed E-state index contributed by atoms with van der Waals surface area (Å²) in [6, 6.07) is 15.4. The number of amides is 3. The Kier molecular flexibility index (Phi) is 10.7. The number of benzene rings is 2. The maximum absolute atomic E-state index is 13.7. The molecule has 0 atom stereocenters. The molecule has 10 heteroatoms. The summed E-state index contributed by atoms with van der Waals surface area (Å²) >= 11 is 5.90. The van der Waals surface area contributed by atoms with Crippen molar-refractivity contribution in [3.05, 3.63) is 82.5 Å². The largest absolute Gasteiger partial charge is 0.492 e. The molecule has 3 rings (SSSR count). The van der Waals surface area contributed by atoms with Crippen LogP contribution in [0.25, 0.3) is 0 Å². The molecule has 0 saturated carbocycles. The number of carbonyl (C=O) groups is 3. The predicted molar refractivity (Wildman–Crippen MR) is 175 cm³/mol. The highest BCUT2D eigenvalue weighted by atomic mass is 35.5. The van der Waals surface area contributed by atoms with Crippen LogP contribution in [0.2, 0.25) is 5.02 Å². The Balaban J connectivity index is 1.83. The standard InChI is InChI=1S/C34H43ClN4O5/c1-32(2,3)22-14-16-25(27(18-22)43-21-34(7,8)20-39(9)31(42)44-33(4,5)6)30(41)37-26-13-11-10-12-24(26)29(40)38-28-17-15-23(35)19-36-28/h10-19H,20-21H2,1-9H3,(H,37,41)(H,36,38,40). The van der Waals surface area contributed by atoms with Crippen molar-refractivity contribution in [3.8, 4) is 5.75 Å². The number of anilines is 2. The highest BCUT2D eigenvalue weighted by Gasteiger charge is 2.28. The molecule has 0 aliphatic rings. The van der Waals surface area contributed by atoms with Crippen molar-refractivity contribution in [1.82, 2.24) is 9.88 Å². The van der Waals surface area contributed by atoms with Gasteiger partial charge >= 0.3 is 6.09 Å². The summed E-state index contributed by atoms with van der Waals surface area (Å²) in [5.74, 6) is -0.149. The fraction of sp³-hybridized carbons (Fsp3) is 0.412. The van der Waals surface area contributed by atoms with Crippen LogP contribution in [0, 0.1) is 5.41 Å². The van der Waals surface area contributed by atoms with E-state index in [1.54, 1.807) is 49.5 Å². The molecule has 236 valence electrons. The van der Waals surface area contributed by atoms with Crippen molar-refractivity contribution in [1.29, 1.82) is 0 Å². The molecular formula is C34H43ClN4O5. The van der Waals surface area contributed by atoms with Crippen LogP contribution in [0.4, 0.5) is 16.3 Å². The summed E-state index contributed by atoms with van der Waals surface area (Å²) in [6.45, 7) is 16.3. The third-order valence-corrected chi connectivity index (χ3v) is 6.69. The van der Waals surface area contributed by atoms with Gasteiger partial charge in [0.2, 0.25) is 0 Å². The first kappa shape index (κ1) is 34.4. The van der Waals surface area contributed by atoms with Crippen LogP contribution in [0.5, 0.6) is 5.75 Å². The molecule has 9 nitrogen and oxygen atoms in total. The van der Waals surface area contributed by atoms with Crippen LogP contribution in [0.3, 0.4) is 0 Å². The monoisotopic (exact) mass is 622 g/mol. The minimum Gasteiger partial charge on any atom is -0.492 e. The van der Waals surface area contributed by atoms with Crippen molar-refractivity contribution in [2.75, 3.05) is 30.8 Å². The maximum atomic E-state index is 13.7. The normalized spacial score (nSPS) is 11.9. The molecule has 0 aliphatic heterocycles. The summed E-state index contributed by atoms with van der Waals surface area (Å²) in [4.78, 5) is 44.9. The van der Waals surface area contributed by atoms with Gasteiger partial charge in [-0.05, 0) is 68.1 Å². The van der Waals surface area contributed by atoms with Crippen LogP contribution in [-0.2, 0) is 10.2 Å². The molecule has 0 bridgehead atoms. The SMILES string of the molecule is CN(CC(C)(C)COc1cc(C(C)(C)C)ccc1C(=O)Nc1ccccc1C(=O)Nc1ccc(Cl)cn1)C(=O)OC(C)(C)C. The highest BCUT2D eigenvalue weighted by molar-refractivity contribution is 6.30. The summed E-state index contributed by atoms with van der Waals surface area (Å²) in [6.07, 6.45) is 1.01. The second kappa shape index (κ2) is 13.7. The molecule has 0 aliphatic carbocycles. The van der Waals surface area contributed by atoms with E-state index in [1.165, 1.54) is 11.1 Å². The van der Waals surface area contributed by atoms with Crippen molar-refractivity contribution in [2.24, 2.45) is 5.41 Å². The lowest BCUT2D eigenvalue weighted by molar-refractivity contribution is 0.0203. The zero-order chi connectivity index (χ0) is 32.9. The Morgan fingerprint density at radius 3 is 2.14 bits per heavy atom. The van der Waals surface area contributed by atoms with E-state index in [-0.39, 0.29) is 17.6 Å². The number of carbonyl (C=O) groups excluding carboxylic acids is 3. The number of ether oxygens (including phenoxy) is 2. The Morgan fingerprint density at radius 2 is 1.52 bits per heavy atom. The van der Waals surface area contributed by atoms with E-state index < -0.39 is 28.9 Å². The molecule has 0 saturated heterocycles. The molecule has 0 spiro atoms. The topological polar surface area (TPSA) is 110 Å². The summed E-state index contributed by atoms with van der Waals surface area (Å²) in [5, 5.41) is 6.05. The fourth-order valence-corrected chi connectivity index (χ4v) is 4.39. The van der Waals surface area contributed by atoms with Crippen LogP contribution < -0.4 is 15.4 Å². The molecule has 1 heterocycles. The Hall–Kier alpha value is -4.11. The molecule has 2 aromatic carbocycles. The molecule has 0 unspecified atom stereocenters. The van der Waals surface area contributed by atoms with Gasteiger partial charge in [-0.15, -0.1) is 0 Å². The van der Waals surface area contributed by atoms with Crippen molar-refractivity contribution >= 4 is 41.0 Å². The predicted octanol–water partition coefficient (Wildman–Crippen LogP) is 7.81. The number of aromatic nitrogens is 1. The van der Waals surface area contributed by atoms with E-state index in [2.05, 4.69) is 36.4 Å². The Bertz CT molecular complexity index is 1490. The summed E-state index contributed by atoms with van der Waals surface area (Å²) < 4.78 is 11.8. The van der Waals surface area contributed by atoms with Gasteiger partial charge in [0.25, 0.3) is 11.8 Å². The Labute approximate surface area is 265 Å². The van der Waals surface area contributed by atoms with Gasteiger partial charge in [0.15, 0.2) is 0 Å². The van der Waals surface area contributed by atoms with Gasteiger partial charge in [-0.2, -0.15) is 0 Å². The highest BCUT2D eigenvalue weighted by Crippen LogP contribution is 2.31. The third-order valence-electron chi connectivity index (χ3n) is 6.47. The second-order valence-electron chi connectivity index (χ2n) is 13.6. The van der Waals surface area contributed by atoms with Crippen molar-refractivity contribution in [2.45, 2.75) is 66.4 Å². The first-order valence-corrected chi connectivity index (χ1v) is 14.8. The number of rotatable bonds is 9. The first-order valence-electron chi connectivity index (χ1n) is 14.4. The third kappa shape index (κ3) is 9.98. The zero-order valence-corrected chi connectivity index (χ0v) is 27.8. The van der Waals surface area contributed by atoms with Crippen LogP contribution in [0.1, 0.15) is 81.7 Å². The molecule has 3 amide bonds. The number of halogens is 1. The Morgan fingerprint density at radius 1 is 0.864 bits per heavy atom. The average Bonchev–Trinajstić information content (AvgIpc) is 2.91. The van der Waals surface area contributed by atoms with Gasteiger partial charge in [0, 0.05) is 25.2 Å². The summed E-state index contributed by atoms with van der Waals surface area (Å²) in [5.41, 5.74) is 0.615. The van der Waals surface area contributed by atoms with Crippen molar-refractivity contribution in [3.63, 3.8) is 0 Å². The number of hydrogen-bond donors (Lipinski definition) is 2. The minimum atomic E-state index is -0.603. The lowest BCUT2D eigenvalue weighted by Crippen LogP contribution is -2.41. The number of pyridine rings is 1. The molecule has 2 N–H and O–H groups in total. The quantitative estimate of drug-likeness (QED) is 0.252. The number of para-hydroxylation sites is 1. The molecule has 44 heavy (non-hydrogen) atoms. The van der Waals surface area contributed by atoms with Gasteiger partial charge in [-0.3, -0.25) is 9.59 Å². The van der Waals surface area contributed by atoms with E-state index in [0.29, 0.717) is 34.4 Å². The van der Waals surface area contributed by atoms with Gasteiger partial charge < -0.3 is 25.0 Å². The van der Waals surface area contributed by atoms with E-state index in [0.717, 1.165) is 5.56 Å². The van der Waals surface area contributed by atoms with E-state index in [4.69, 9.17) is 21.1 Å². The van der Waals surface area contributed by atoms with Crippen LogP contribution >= 0.6 is 11.6 Å². The average molecular weight is 623 g/mol. The molecule has 1 aromatic heterocycles. The zero-order valence-electron chi connectivity index (χ0n) is 27.0. The van der Waals surface area contributed by atoms with Crippen LogP contribution in [0.15, 0.2) is 60.8 Å². The lowest BCUT2D eigenvalue weighted by Gasteiger charge is -2.32. The smallest absolute Gasteiger partial charge is 0.410 e. The van der Waals surface area contributed by atoms with Gasteiger partial charge in [0.1, 0.15) is 17.2 Å². The fourth-order valence-electron chi connectivity index (χ4n) is 4.27. The first-order chi connectivity index (χ1) is 20.3. The van der Waals surface area contributed by atoms with Crippen molar-refractivity contribution < 1.29 is 23.9 Å². The number of nitrogens with zero attached hydrogens (tertiary/aromatic N) is 2. The summed E-state index contributed by atoms with van der Waals surface area (Å²) in [7, 11) is 1.69. The van der Waals surface area contributed by atoms with E-state index in [9.17, 15) is 14.4 Å². The maximum Gasteiger partial charge on any atom is 0.410 e. The van der Waals surface area contributed by atoms with E-state index in [1.807, 2.05) is 46.8 Å². The van der Waals surface area contributed by atoms with Crippen LogP contribution in [-0.4, -0.2) is 53.6 Å². The van der Waals surface area contributed by atoms with E-state index >= 15 is 0 Å². The number of hydrogen-bond acceptors (Lipinski definition) is 6. The lowest BCUT2D eigenvalue weighted by atomic mass is 9.86. The molecule has 0 radical (unpaired) electrons. The van der Waals surface area contributed by atoms with Gasteiger partial charge in [-0.1, -0.05) is 64.4 Å². The number of nitrogens with one attached hydrogen (secondary N) is 2. The van der Waals surface area contributed by atoms with Gasteiger partial charge in [0.05, 0.1) is 28.4 Å². The minimum absolute atomic E-state index is 0.194. The molecule has 3 aromatic rings. The molecular weight excluding hydrogens is 580 g/mol.